The highest BCUT2D eigenvalue weighted by atomic mass is 16.5. The molecule has 1 fully saturated rings. The van der Waals surface area contributed by atoms with Crippen LogP contribution in [-0.4, -0.2) is 12.3 Å². The summed E-state index contributed by atoms with van der Waals surface area (Å²) in [5.74, 6) is 0.553. The molecule has 0 radical (unpaired) electrons. The largest absolute Gasteiger partial charge is 0.361 e. The van der Waals surface area contributed by atoms with Gasteiger partial charge in [0.1, 0.15) is 5.72 Å². The number of ether oxygens (including phenoxy) is 1. The van der Waals surface area contributed by atoms with Gasteiger partial charge in [0.15, 0.2) is 0 Å². The molecule has 0 bridgehead atoms. The monoisotopic (exact) mass is 129 g/mol. The highest BCUT2D eigenvalue weighted by Gasteiger charge is 2.40. The summed E-state index contributed by atoms with van der Waals surface area (Å²) in [7, 11) is 0. The van der Waals surface area contributed by atoms with Crippen LogP contribution >= 0.6 is 0 Å². The summed E-state index contributed by atoms with van der Waals surface area (Å²) >= 11 is 0. The predicted molar refractivity (Wildman–Crippen MR) is 36.9 cm³/mol. The second-order valence-corrected chi connectivity index (χ2v) is 2.83. The van der Waals surface area contributed by atoms with E-state index in [1.807, 2.05) is 6.92 Å². The van der Waals surface area contributed by atoms with E-state index >= 15 is 0 Å². The Labute approximate surface area is 56.4 Å². The summed E-state index contributed by atoms with van der Waals surface area (Å²) in [6.45, 7) is 4.86. The molecule has 0 aromatic heterocycles. The molecule has 0 aromatic rings. The summed E-state index contributed by atoms with van der Waals surface area (Å²) in [4.78, 5) is 0. The van der Waals surface area contributed by atoms with E-state index in [0.717, 1.165) is 13.0 Å². The Morgan fingerprint density at radius 2 is 2.44 bits per heavy atom. The number of rotatable bonds is 2. The first kappa shape index (κ1) is 7.03. The van der Waals surface area contributed by atoms with E-state index in [4.69, 9.17) is 10.5 Å². The van der Waals surface area contributed by atoms with Crippen molar-refractivity contribution in [2.24, 2.45) is 11.7 Å². The molecule has 0 aromatic carbocycles. The molecule has 0 heterocycles. The maximum absolute atomic E-state index is 5.83. The molecule has 54 valence electrons. The Morgan fingerprint density at radius 1 is 1.78 bits per heavy atom. The van der Waals surface area contributed by atoms with Crippen LogP contribution in [0.3, 0.4) is 0 Å². The van der Waals surface area contributed by atoms with Crippen molar-refractivity contribution in [1.82, 2.24) is 0 Å². The second-order valence-electron chi connectivity index (χ2n) is 2.83. The number of hydrogen-bond acceptors (Lipinski definition) is 2. The molecular weight excluding hydrogens is 114 g/mol. The molecule has 0 spiro atoms. The summed E-state index contributed by atoms with van der Waals surface area (Å²) in [5.41, 5.74) is 5.57. The minimum atomic E-state index is -0.269. The summed E-state index contributed by atoms with van der Waals surface area (Å²) in [6, 6.07) is 0. The maximum atomic E-state index is 5.83. The molecule has 2 nitrogen and oxygen atoms in total. The van der Waals surface area contributed by atoms with Crippen LogP contribution in [0.15, 0.2) is 0 Å². The van der Waals surface area contributed by atoms with Gasteiger partial charge >= 0.3 is 0 Å². The van der Waals surface area contributed by atoms with Crippen molar-refractivity contribution < 1.29 is 4.74 Å². The second kappa shape index (κ2) is 2.27. The average molecular weight is 129 g/mol. The van der Waals surface area contributed by atoms with Crippen LogP contribution in [0.2, 0.25) is 0 Å². The average Bonchev–Trinajstić information content (AvgIpc) is 1.86. The predicted octanol–water partition coefficient (Wildman–Crippen LogP) is 1.11. The van der Waals surface area contributed by atoms with Gasteiger partial charge in [0.25, 0.3) is 0 Å². The molecule has 0 aliphatic heterocycles. The lowest BCUT2D eigenvalue weighted by Gasteiger charge is -2.44. The zero-order valence-corrected chi connectivity index (χ0v) is 6.18. The SMILES string of the molecule is CCOC1(N)CCC1C. The minimum Gasteiger partial charge on any atom is -0.361 e. The van der Waals surface area contributed by atoms with Crippen molar-refractivity contribution in [3.05, 3.63) is 0 Å². The van der Waals surface area contributed by atoms with E-state index in [1.165, 1.54) is 6.42 Å². The van der Waals surface area contributed by atoms with Crippen LogP contribution in [0.25, 0.3) is 0 Å². The van der Waals surface area contributed by atoms with Gasteiger partial charge in [-0.15, -0.1) is 0 Å². The van der Waals surface area contributed by atoms with Crippen molar-refractivity contribution in [2.75, 3.05) is 6.61 Å². The summed E-state index contributed by atoms with van der Waals surface area (Å²) < 4.78 is 5.36. The molecule has 2 N–H and O–H groups in total. The first-order valence-corrected chi connectivity index (χ1v) is 3.62. The van der Waals surface area contributed by atoms with Crippen LogP contribution in [0.4, 0.5) is 0 Å². The van der Waals surface area contributed by atoms with E-state index < -0.39 is 0 Å². The fourth-order valence-corrected chi connectivity index (χ4v) is 1.20. The highest BCUT2D eigenvalue weighted by Crippen LogP contribution is 2.36. The Balaban J connectivity index is 2.34. The van der Waals surface area contributed by atoms with Gasteiger partial charge in [-0.3, -0.25) is 0 Å². The van der Waals surface area contributed by atoms with Crippen LogP contribution in [-0.2, 0) is 4.74 Å². The summed E-state index contributed by atoms with van der Waals surface area (Å²) in [6.07, 6.45) is 2.25. The molecule has 0 amide bonds. The Kier molecular flexibility index (Phi) is 1.78. The number of hydrogen-bond donors (Lipinski definition) is 1. The standard InChI is InChI=1S/C7H15NO/c1-3-9-7(8)5-4-6(7)2/h6H,3-5,8H2,1-2H3. The van der Waals surface area contributed by atoms with Crippen LogP contribution in [0.1, 0.15) is 26.7 Å². The quantitative estimate of drug-likeness (QED) is 0.567. The molecule has 2 atom stereocenters. The molecule has 1 aliphatic carbocycles. The first-order valence-electron chi connectivity index (χ1n) is 3.62. The molecule has 1 saturated carbocycles. The third kappa shape index (κ3) is 1.10. The van der Waals surface area contributed by atoms with E-state index in [0.29, 0.717) is 5.92 Å². The lowest BCUT2D eigenvalue weighted by molar-refractivity contribution is -0.132. The van der Waals surface area contributed by atoms with E-state index in [9.17, 15) is 0 Å². The molecule has 2 heteroatoms. The van der Waals surface area contributed by atoms with Gasteiger partial charge in [0.05, 0.1) is 0 Å². The Morgan fingerprint density at radius 3 is 2.56 bits per heavy atom. The molecule has 9 heavy (non-hydrogen) atoms. The van der Waals surface area contributed by atoms with Crippen molar-refractivity contribution in [1.29, 1.82) is 0 Å². The highest BCUT2D eigenvalue weighted by molar-refractivity contribution is 4.89. The molecular formula is C7H15NO. The molecule has 0 saturated heterocycles. The van der Waals surface area contributed by atoms with E-state index in [1.54, 1.807) is 0 Å². The van der Waals surface area contributed by atoms with Gasteiger partial charge in [-0.2, -0.15) is 0 Å². The van der Waals surface area contributed by atoms with Crippen molar-refractivity contribution in [3.8, 4) is 0 Å². The van der Waals surface area contributed by atoms with Gasteiger partial charge in [-0.25, -0.2) is 0 Å². The van der Waals surface area contributed by atoms with E-state index in [-0.39, 0.29) is 5.72 Å². The Hall–Kier alpha value is -0.0800. The Bertz CT molecular complexity index is 105. The molecule has 2 unspecified atom stereocenters. The van der Waals surface area contributed by atoms with Gasteiger partial charge in [0, 0.05) is 6.61 Å². The van der Waals surface area contributed by atoms with Crippen molar-refractivity contribution in [3.63, 3.8) is 0 Å². The van der Waals surface area contributed by atoms with Gasteiger partial charge in [0.2, 0.25) is 0 Å². The van der Waals surface area contributed by atoms with Gasteiger partial charge in [-0.05, 0) is 25.7 Å². The third-order valence-electron chi connectivity index (χ3n) is 2.22. The van der Waals surface area contributed by atoms with Crippen molar-refractivity contribution in [2.45, 2.75) is 32.4 Å². The lowest BCUT2D eigenvalue weighted by Crippen LogP contribution is -2.55. The zero-order valence-electron chi connectivity index (χ0n) is 6.18. The van der Waals surface area contributed by atoms with Crippen LogP contribution < -0.4 is 5.73 Å². The van der Waals surface area contributed by atoms with Crippen molar-refractivity contribution >= 4 is 0 Å². The molecule has 1 aliphatic rings. The normalized spacial score (nSPS) is 42.3. The lowest BCUT2D eigenvalue weighted by atomic mass is 9.77. The first-order chi connectivity index (χ1) is 4.19. The van der Waals surface area contributed by atoms with Gasteiger partial charge < -0.3 is 10.5 Å². The minimum absolute atomic E-state index is 0.269. The van der Waals surface area contributed by atoms with E-state index in [2.05, 4.69) is 6.92 Å². The van der Waals surface area contributed by atoms with Crippen LogP contribution in [0.5, 0.6) is 0 Å². The van der Waals surface area contributed by atoms with Gasteiger partial charge in [-0.1, -0.05) is 6.92 Å². The summed E-state index contributed by atoms with van der Waals surface area (Å²) in [5, 5.41) is 0. The number of nitrogens with two attached hydrogens (primary N) is 1. The molecule has 1 rings (SSSR count). The van der Waals surface area contributed by atoms with Crippen LogP contribution in [0, 0.1) is 5.92 Å². The zero-order chi connectivity index (χ0) is 6.91. The maximum Gasteiger partial charge on any atom is 0.119 e. The fourth-order valence-electron chi connectivity index (χ4n) is 1.20. The third-order valence-corrected chi connectivity index (χ3v) is 2.22. The smallest absolute Gasteiger partial charge is 0.119 e. The fraction of sp³-hybridized carbons (Fsp3) is 1.00. The topological polar surface area (TPSA) is 35.2 Å².